The second kappa shape index (κ2) is 10.8. The summed E-state index contributed by atoms with van der Waals surface area (Å²) in [5, 5.41) is 47.5. The lowest BCUT2D eigenvalue weighted by molar-refractivity contribution is -0.765. The first-order valence-corrected chi connectivity index (χ1v) is 9.11. The third kappa shape index (κ3) is 6.05. The minimum absolute atomic E-state index is 0.0373. The smallest absolute Gasteiger partial charge is 0.341 e. The molecule has 1 saturated heterocycles. The van der Waals surface area contributed by atoms with E-state index in [1.807, 2.05) is 30.3 Å². The number of nitrogens with zero attached hydrogens (tertiary/aromatic N) is 1. The Labute approximate surface area is 172 Å². The van der Waals surface area contributed by atoms with Crippen LogP contribution in [0.2, 0.25) is 0 Å². The van der Waals surface area contributed by atoms with Gasteiger partial charge in [-0.3, -0.25) is 0 Å². The molecule has 10 heteroatoms. The number of aromatic carboxylic acids is 1. The van der Waals surface area contributed by atoms with Crippen LogP contribution in [0.15, 0.2) is 54.9 Å². The van der Waals surface area contributed by atoms with Crippen LogP contribution in [0.3, 0.4) is 0 Å². The number of aliphatic hydroxyl groups excluding tert-OH is 3. The molecule has 1 aromatic heterocycles. The van der Waals surface area contributed by atoms with Crippen molar-refractivity contribution >= 4 is 11.9 Å². The fourth-order valence-corrected chi connectivity index (χ4v) is 2.86. The number of rotatable bonds is 6. The molecular formula is C20H24N2O8. The molecule has 3 rings (SSSR count). The summed E-state index contributed by atoms with van der Waals surface area (Å²) in [4.78, 5) is 21.1. The van der Waals surface area contributed by atoms with Gasteiger partial charge in [-0.2, -0.15) is 4.57 Å². The van der Waals surface area contributed by atoms with E-state index in [1.165, 1.54) is 29.1 Å². The van der Waals surface area contributed by atoms with Crippen LogP contribution in [0.4, 0.5) is 0 Å². The summed E-state index contributed by atoms with van der Waals surface area (Å²) in [5.41, 5.74) is 6.24. The third-order valence-electron chi connectivity index (χ3n) is 4.48. The van der Waals surface area contributed by atoms with Gasteiger partial charge in [-0.15, -0.1) is 0 Å². The fourth-order valence-electron chi connectivity index (χ4n) is 2.86. The number of hydrogen-bond acceptors (Lipinski definition) is 8. The molecule has 0 saturated carbocycles. The van der Waals surface area contributed by atoms with Crippen molar-refractivity contribution in [2.45, 2.75) is 37.0 Å². The maximum atomic E-state index is 10.8. The zero-order valence-electron chi connectivity index (χ0n) is 15.9. The van der Waals surface area contributed by atoms with Crippen LogP contribution in [-0.4, -0.2) is 63.3 Å². The van der Waals surface area contributed by atoms with Crippen molar-refractivity contribution < 1.29 is 44.4 Å². The molecule has 1 aromatic carbocycles. The van der Waals surface area contributed by atoms with Crippen molar-refractivity contribution in [3.63, 3.8) is 0 Å². The van der Waals surface area contributed by atoms with Crippen LogP contribution in [0.5, 0.6) is 0 Å². The van der Waals surface area contributed by atoms with Gasteiger partial charge in [0.05, 0.1) is 12.6 Å². The molecular weight excluding hydrogens is 396 g/mol. The molecule has 2 heterocycles. The summed E-state index contributed by atoms with van der Waals surface area (Å²) in [6, 6.07) is 11.2. The predicted molar refractivity (Wildman–Crippen MR) is 99.7 cm³/mol. The summed E-state index contributed by atoms with van der Waals surface area (Å²) >= 11 is 0. The number of pyridine rings is 1. The number of carboxylic acid groups (broad SMARTS) is 2. The number of hydrogen-bond donors (Lipinski definition) is 5. The monoisotopic (exact) mass is 420 g/mol. The topological polar surface area (TPSA) is 177 Å². The van der Waals surface area contributed by atoms with Gasteiger partial charge in [0.1, 0.15) is 17.8 Å². The minimum atomic E-state index is -1.23. The largest absolute Gasteiger partial charge is 0.548 e. The molecule has 162 valence electrons. The van der Waals surface area contributed by atoms with E-state index >= 15 is 0 Å². The number of carbonyl (C=O) groups excluding carboxylic acids is 1. The summed E-state index contributed by atoms with van der Waals surface area (Å²) < 4.78 is 6.63. The first-order valence-electron chi connectivity index (χ1n) is 9.11. The molecule has 6 N–H and O–H groups in total. The Bertz CT molecular complexity index is 848. The van der Waals surface area contributed by atoms with Crippen molar-refractivity contribution in [2.75, 3.05) is 6.61 Å². The standard InChI is InChI=1S/C11H13NO6.C9H11NO2/c13-5-7-8(14)9(15)10(18-7)12-3-1-2-6(4-12)11(16)17;10-8(9(11)12)6-7-4-2-1-3-5-7/h1-4,7-10,13-15H,5H2;1-5,8H,6,10H2,(H,11,12)/t7-,8-,9-,10-;8-/m10/s1. The van der Waals surface area contributed by atoms with E-state index in [-0.39, 0.29) is 5.56 Å². The van der Waals surface area contributed by atoms with Gasteiger partial charge < -0.3 is 40.8 Å². The highest BCUT2D eigenvalue weighted by atomic mass is 16.6. The number of aliphatic carboxylic acids is 1. The Morgan fingerprint density at radius 2 is 1.80 bits per heavy atom. The first-order chi connectivity index (χ1) is 14.2. The van der Waals surface area contributed by atoms with Crippen molar-refractivity contribution in [3.05, 3.63) is 66.0 Å². The van der Waals surface area contributed by atoms with Gasteiger partial charge in [0.2, 0.25) is 0 Å². The highest BCUT2D eigenvalue weighted by molar-refractivity contribution is 5.86. The van der Waals surface area contributed by atoms with E-state index in [0.717, 1.165) is 5.56 Å². The Balaban J connectivity index is 0.000000232. The molecule has 1 aliphatic rings. The van der Waals surface area contributed by atoms with Gasteiger partial charge in [-0.05, 0) is 18.1 Å². The maximum Gasteiger partial charge on any atom is 0.341 e. The van der Waals surface area contributed by atoms with Crippen LogP contribution >= 0.6 is 0 Å². The van der Waals surface area contributed by atoms with Crippen molar-refractivity contribution in [2.24, 2.45) is 5.73 Å². The summed E-state index contributed by atoms with van der Waals surface area (Å²) in [7, 11) is 0. The summed E-state index contributed by atoms with van der Waals surface area (Å²) in [6.45, 7) is -0.423. The second-order valence-electron chi connectivity index (χ2n) is 6.69. The predicted octanol–water partition coefficient (Wildman–Crippen LogP) is -2.41. The van der Waals surface area contributed by atoms with Gasteiger partial charge in [0, 0.05) is 12.1 Å². The third-order valence-corrected chi connectivity index (χ3v) is 4.48. The van der Waals surface area contributed by atoms with E-state index in [2.05, 4.69) is 0 Å². The van der Waals surface area contributed by atoms with Crippen molar-refractivity contribution in [3.8, 4) is 0 Å². The molecule has 0 unspecified atom stereocenters. The number of ether oxygens (including phenoxy) is 1. The Hall–Kier alpha value is -2.89. The van der Waals surface area contributed by atoms with Crippen LogP contribution in [0, 0.1) is 0 Å². The minimum Gasteiger partial charge on any atom is -0.548 e. The lowest BCUT2D eigenvalue weighted by Crippen LogP contribution is -2.46. The van der Waals surface area contributed by atoms with Gasteiger partial charge >= 0.3 is 5.97 Å². The van der Waals surface area contributed by atoms with E-state index in [4.69, 9.17) is 20.7 Å². The van der Waals surface area contributed by atoms with Crippen LogP contribution in [-0.2, 0) is 16.0 Å². The number of benzene rings is 1. The lowest BCUT2D eigenvalue weighted by atomic mass is 10.1. The maximum absolute atomic E-state index is 10.8. The molecule has 0 radical (unpaired) electrons. The zero-order valence-corrected chi connectivity index (χ0v) is 15.9. The quantitative estimate of drug-likeness (QED) is 0.318. The zero-order chi connectivity index (χ0) is 22.3. The van der Waals surface area contributed by atoms with Gasteiger partial charge in [-0.25, -0.2) is 4.79 Å². The summed E-state index contributed by atoms with van der Waals surface area (Å²) in [5.74, 6) is -2.31. The number of aliphatic hydroxyl groups is 3. The average molecular weight is 420 g/mol. The molecule has 0 spiro atoms. The molecule has 2 aromatic rings. The Kier molecular flexibility index (Phi) is 8.39. The number of nitrogens with two attached hydrogens (primary N) is 1. The van der Waals surface area contributed by atoms with E-state index in [9.17, 15) is 24.9 Å². The molecule has 0 amide bonds. The second-order valence-corrected chi connectivity index (χ2v) is 6.69. The van der Waals surface area contributed by atoms with E-state index < -0.39 is 49.1 Å². The molecule has 0 aliphatic carbocycles. The van der Waals surface area contributed by atoms with Crippen LogP contribution in [0.25, 0.3) is 0 Å². The van der Waals surface area contributed by atoms with E-state index in [0.29, 0.717) is 6.42 Å². The highest BCUT2D eigenvalue weighted by Crippen LogP contribution is 2.25. The highest BCUT2D eigenvalue weighted by Gasteiger charge is 2.47. The molecule has 1 fully saturated rings. The SMILES string of the molecule is N[C@@H](Cc1ccccc1)C(=O)[O-].O=C(O)c1ccc[n+]([C@@H]2O[C@H](CO)[C@@H](O)[C@H]2O)c1. The molecule has 5 atom stereocenters. The Morgan fingerprint density at radius 3 is 2.33 bits per heavy atom. The molecule has 10 nitrogen and oxygen atoms in total. The van der Waals surface area contributed by atoms with E-state index in [1.54, 1.807) is 0 Å². The number of aromatic nitrogens is 1. The number of carboxylic acids is 2. The fraction of sp³-hybridized carbons (Fsp3) is 0.350. The first kappa shape index (κ1) is 23.4. The van der Waals surface area contributed by atoms with Crippen LogP contribution < -0.4 is 15.4 Å². The normalized spacial score (nSPS) is 23.9. The molecule has 30 heavy (non-hydrogen) atoms. The summed E-state index contributed by atoms with van der Waals surface area (Å²) in [6.07, 6.45) is -1.10. The lowest BCUT2D eigenvalue weighted by Gasteiger charge is -2.11. The molecule has 0 bridgehead atoms. The van der Waals surface area contributed by atoms with Crippen molar-refractivity contribution in [1.82, 2.24) is 0 Å². The van der Waals surface area contributed by atoms with Crippen molar-refractivity contribution in [1.29, 1.82) is 0 Å². The molecule has 1 aliphatic heterocycles. The van der Waals surface area contributed by atoms with Gasteiger partial charge in [-0.1, -0.05) is 30.3 Å². The van der Waals surface area contributed by atoms with Crippen LogP contribution in [0.1, 0.15) is 22.1 Å². The average Bonchev–Trinajstić information content (AvgIpc) is 3.03. The van der Waals surface area contributed by atoms with Gasteiger partial charge in [0.25, 0.3) is 6.23 Å². The number of carbonyl (C=O) groups is 2. The Morgan fingerprint density at radius 1 is 1.13 bits per heavy atom. The van der Waals surface area contributed by atoms with Gasteiger partial charge in [0.15, 0.2) is 18.5 Å².